The smallest absolute Gasteiger partial charge is 0.413 e. The highest BCUT2D eigenvalue weighted by molar-refractivity contribution is 8.01. The van der Waals surface area contributed by atoms with Crippen LogP contribution >= 0.6 is 69.7 Å². The molecule has 0 bridgehead atoms. The van der Waals surface area contributed by atoms with Crippen molar-refractivity contribution in [2.24, 2.45) is 12.2 Å². The van der Waals surface area contributed by atoms with Crippen LogP contribution in [0.15, 0.2) is 27.0 Å². The SMILES string of the molecule is CCON=C(C(=O)N[C@@H]1C(=O)N2C(C(=O)O)=C(CSc3nnnn3C)CS[C@@H]12)c1csc(NC(=O)OCC(Cl)(Cl)Cl)n1. The quantitative estimate of drug-likeness (QED) is 0.101. The number of fused-ring (bicyclic) bond motifs is 1. The van der Waals surface area contributed by atoms with E-state index in [0.29, 0.717) is 16.5 Å². The number of rotatable bonds is 11. The number of carbonyl (C=O) groups is 4. The predicted octanol–water partition coefficient (Wildman–Crippen LogP) is 1.86. The van der Waals surface area contributed by atoms with Crippen molar-refractivity contribution in [3.8, 4) is 0 Å². The molecule has 2 aromatic heterocycles. The van der Waals surface area contributed by atoms with Crippen molar-refractivity contribution in [1.82, 2.24) is 35.4 Å². The van der Waals surface area contributed by atoms with Crippen molar-refractivity contribution in [3.05, 3.63) is 22.3 Å². The van der Waals surface area contributed by atoms with E-state index in [-0.39, 0.29) is 34.6 Å². The second-order valence-electron chi connectivity index (χ2n) is 8.20. The van der Waals surface area contributed by atoms with Gasteiger partial charge in [-0.15, -0.1) is 28.2 Å². The number of nitrogens with one attached hydrogen (secondary N) is 2. The van der Waals surface area contributed by atoms with Gasteiger partial charge < -0.3 is 20.0 Å². The molecule has 1 fully saturated rings. The lowest BCUT2D eigenvalue weighted by Gasteiger charge is -2.49. The maximum absolute atomic E-state index is 13.2. The van der Waals surface area contributed by atoms with Crippen LogP contribution in [-0.4, -0.2) is 105 Å². The molecule has 2 aliphatic heterocycles. The molecule has 0 aliphatic carbocycles. The van der Waals surface area contributed by atoms with Crippen LogP contribution in [0.2, 0.25) is 0 Å². The van der Waals surface area contributed by atoms with Gasteiger partial charge in [-0.1, -0.05) is 51.7 Å². The summed E-state index contributed by atoms with van der Waals surface area (Å²) in [4.78, 5) is 60.7. The van der Waals surface area contributed by atoms with Gasteiger partial charge in [-0.25, -0.2) is 19.3 Å². The number of nitrogens with zero attached hydrogens (tertiary/aromatic N) is 7. The molecule has 2 aliphatic rings. The number of thiazole rings is 1. The van der Waals surface area contributed by atoms with Gasteiger partial charge in [0, 0.05) is 23.9 Å². The van der Waals surface area contributed by atoms with Gasteiger partial charge in [0.25, 0.3) is 11.8 Å². The number of anilines is 1. The van der Waals surface area contributed by atoms with Crippen molar-refractivity contribution in [1.29, 1.82) is 0 Å². The first-order chi connectivity index (χ1) is 19.9. The Kier molecular flexibility index (Phi) is 10.4. The topological polar surface area (TPSA) is 203 Å². The number of β-lactam (4-membered cyclic amide) rings is 1. The lowest BCUT2D eigenvalue weighted by molar-refractivity contribution is -0.150. The minimum absolute atomic E-state index is 0.0336. The normalized spacial score (nSPS) is 18.7. The summed E-state index contributed by atoms with van der Waals surface area (Å²) in [5.41, 5.74) is 0.137. The van der Waals surface area contributed by atoms with Gasteiger partial charge in [0.15, 0.2) is 10.8 Å². The number of thioether (sulfide) groups is 2. The first-order valence-corrected chi connectivity index (χ1v) is 15.7. The molecule has 0 unspecified atom stereocenters. The van der Waals surface area contributed by atoms with Crippen LogP contribution in [0.1, 0.15) is 12.6 Å². The maximum Gasteiger partial charge on any atom is 0.413 e. The highest BCUT2D eigenvalue weighted by Gasteiger charge is 2.54. The molecule has 0 radical (unpaired) electrons. The maximum atomic E-state index is 13.2. The molecular formula is C20H20Cl3N9O7S3. The Bertz CT molecular complexity index is 1450. The second-order valence-corrected chi connectivity index (χ2v) is 13.6. The number of oxime groups is 1. The highest BCUT2D eigenvalue weighted by Crippen LogP contribution is 2.41. The van der Waals surface area contributed by atoms with E-state index in [9.17, 15) is 24.3 Å². The first kappa shape index (κ1) is 32.1. The van der Waals surface area contributed by atoms with E-state index in [1.165, 1.54) is 33.6 Å². The minimum Gasteiger partial charge on any atom is -0.477 e. The standard InChI is InChI=1S/C20H20Cl3N9O7S3/c1-3-39-28-10(9-6-41-17(24-9)26-19(37)38-7-20(21,22)23)13(33)25-11-14(34)32-12(16(35)36)8(4-40-15(11)32)5-42-18-27-29-30-31(18)2/h6,11,15H,3-5,7H2,1-2H3,(H,25,33)(H,35,36)(H,24,26,37)/t11-,15+/m1/s1. The summed E-state index contributed by atoms with van der Waals surface area (Å²) >= 11 is 20.2. The fourth-order valence-electron chi connectivity index (χ4n) is 3.54. The molecule has 22 heteroatoms. The van der Waals surface area contributed by atoms with Gasteiger partial charge in [-0.2, -0.15) is 0 Å². The minimum atomic E-state index is -1.80. The van der Waals surface area contributed by atoms with E-state index in [1.807, 2.05) is 0 Å². The number of tetrazole rings is 1. The fraction of sp³-hybridized carbons (Fsp3) is 0.450. The summed E-state index contributed by atoms with van der Waals surface area (Å²) in [5.74, 6) is -2.11. The zero-order chi connectivity index (χ0) is 30.6. The van der Waals surface area contributed by atoms with Crippen LogP contribution in [-0.2, 0) is 31.0 Å². The monoisotopic (exact) mass is 699 g/mol. The van der Waals surface area contributed by atoms with E-state index in [0.717, 1.165) is 16.2 Å². The van der Waals surface area contributed by atoms with E-state index >= 15 is 0 Å². The number of carboxylic acids is 1. The Morgan fingerprint density at radius 1 is 1.33 bits per heavy atom. The number of halogens is 3. The summed E-state index contributed by atoms with van der Waals surface area (Å²) in [7, 11) is 1.65. The van der Waals surface area contributed by atoms with Gasteiger partial charge >= 0.3 is 12.1 Å². The number of alkyl halides is 3. The predicted molar refractivity (Wildman–Crippen MR) is 155 cm³/mol. The third kappa shape index (κ3) is 7.56. The van der Waals surface area contributed by atoms with E-state index < -0.39 is 45.7 Å². The molecular weight excluding hydrogens is 681 g/mol. The van der Waals surface area contributed by atoms with Gasteiger partial charge in [-0.3, -0.25) is 19.8 Å². The van der Waals surface area contributed by atoms with Crippen molar-refractivity contribution in [3.63, 3.8) is 0 Å². The number of hydrogen-bond donors (Lipinski definition) is 3. The number of hydrogen-bond acceptors (Lipinski definition) is 14. The molecule has 16 nitrogen and oxygen atoms in total. The van der Waals surface area contributed by atoms with Gasteiger partial charge in [0.2, 0.25) is 8.95 Å². The summed E-state index contributed by atoms with van der Waals surface area (Å²) < 4.78 is 4.43. The largest absolute Gasteiger partial charge is 0.477 e. The van der Waals surface area contributed by atoms with Crippen molar-refractivity contribution in [2.45, 2.75) is 27.3 Å². The summed E-state index contributed by atoms with van der Waals surface area (Å²) in [6.45, 7) is 1.27. The molecule has 0 saturated carbocycles. The third-order valence-electron chi connectivity index (χ3n) is 5.32. The van der Waals surface area contributed by atoms with Crippen molar-refractivity contribution < 1.29 is 33.9 Å². The van der Waals surface area contributed by atoms with Crippen LogP contribution in [0.3, 0.4) is 0 Å². The number of aromatic nitrogens is 5. The van der Waals surface area contributed by atoms with Crippen LogP contribution < -0.4 is 10.6 Å². The molecule has 226 valence electrons. The molecule has 3 N–H and O–H groups in total. The lowest BCUT2D eigenvalue weighted by atomic mass is 10.0. The number of ether oxygens (including phenoxy) is 1. The third-order valence-corrected chi connectivity index (χ3v) is 8.84. The number of carboxylic acid groups (broad SMARTS) is 1. The average Bonchev–Trinajstić information content (AvgIpc) is 3.56. The lowest BCUT2D eigenvalue weighted by Crippen LogP contribution is -2.71. The Balaban J connectivity index is 1.44. The fourth-order valence-corrected chi connectivity index (χ4v) is 6.72. The van der Waals surface area contributed by atoms with E-state index in [2.05, 4.69) is 36.3 Å². The number of carbonyl (C=O) groups excluding carboxylic acids is 3. The number of aryl methyl sites for hydroxylation is 1. The zero-order valence-electron chi connectivity index (χ0n) is 21.4. The highest BCUT2D eigenvalue weighted by atomic mass is 35.6. The Labute approximate surface area is 264 Å². The van der Waals surface area contributed by atoms with E-state index in [4.69, 9.17) is 44.4 Å². The second kappa shape index (κ2) is 13.6. The van der Waals surface area contributed by atoms with Crippen LogP contribution in [0, 0.1) is 0 Å². The van der Waals surface area contributed by atoms with Gasteiger partial charge in [0.05, 0.1) is 0 Å². The summed E-state index contributed by atoms with van der Waals surface area (Å²) in [6, 6.07) is -1.03. The molecule has 1 saturated heterocycles. The summed E-state index contributed by atoms with van der Waals surface area (Å²) in [6.07, 6.45) is -0.947. The zero-order valence-corrected chi connectivity index (χ0v) is 26.2. The molecule has 2 atom stereocenters. The van der Waals surface area contributed by atoms with Crippen LogP contribution in [0.4, 0.5) is 9.93 Å². The molecule has 2 aromatic rings. The Morgan fingerprint density at radius 2 is 2.10 bits per heavy atom. The van der Waals surface area contributed by atoms with Crippen molar-refractivity contribution >= 4 is 104 Å². The summed E-state index contributed by atoms with van der Waals surface area (Å²) in [5, 5.41) is 31.1. The molecule has 4 heterocycles. The number of amides is 3. The number of aliphatic carboxylic acids is 1. The Hall–Kier alpha value is -2.84. The molecule has 0 aromatic carbocycles. The average molecular weight is 701 g/mol. The van der Waals surface area contributed by atoms with Crippen LogP contribution in [0.25, 0.3) is 0 Å². The molecule has 42 heavy (non-hydrogen) atoms. The molecule has 3 amide bonds. The molecule has 0 spiro atoms. The van der Waals surface area contributed by atoms with Crippen molar-refractivity contribution in [2.75, 3.05) is 30.0 Å². The first-order valence-electron chi connectivity index (χ1n) is 11.6. The van der Waals surface area contributed by atoms with Gasteiger partial charge in [0.1, 0.15) is 36.0 Å². The van der Waals surface area contributed by atoms with Crippen LogP contribution in [0.5, 0.6) is 0 Å². The Morgan fingerprint density at radius 3 is 2.74 bits per heavy atom. The molecule has 4 rings (SSSR count). The van der Waals surface area contributed by atoms with Gasteiger partial charge in [-0.05, 0) is 22.9 Å². The van der Waals surface area contributed by atoms with E-state index in [1.54, 1.807) is 14.0 Å².